The molecule has 100 valence electrons. The molecular weight excluding hydrogens is 323 g/mol. The number of hydrogen-bond acceptors (Lipinski definition) is 3. The van der Waals surface area contributed by atoms with E-state index < -0.39 is 15.8 Å². The molecule has 0 spiro atoms. The van der Waals surface area contributed by atoms with Gasteiger partial charge in [0.25, 0.3) is 0 Å². The van der Waals surface area contributed by atoms with Gasteiger partial charge in [-0.05, 0) is 25.1 Å². The van der Waals surface area contributed by atoms with Crippen molar-refractivity contribution in [3.8, 4) is 0 Å². The second-order valence-electron chi connectivity index (χ2n) is 4.29. The van der Waals surface area contributed by atoms with Crippen molar-refractivity contribution in [2.75, 3.05) is 19.6 Å². The Bertz CT molecular complexity index is 550. The average Bonchev–Trinajstić information content (AvgIpc) is 2.32. The fourth-order valence-corrected chi connectivity index (χ4v) is 4.06. The highest BCUT2D eigenvalue weighted by Crippen LogP contribution is 2.24. The van der Waals surface area contributed by atoms with Crippen LogP contribution in [-0.4, -0.2) is 38.4 Å². The second kappa shape index (κ2) is 5.24. The second-order valence-corrected chi connectivity index (χ2v) is 7.12. The first-order chi connectivity index (χ1) is 8.41. The molecule has 1 atom stereocenters. The monoisotopic (exact) mass is 336 g/mol. The molecule has 1 saturated heterocycles. The van der Waals surface area contributed by atoms with Crippen molar-refractivity contribution >= 4 is 26.0 Å². The molecular formula is C11H14BrFN2O2S. The first-order valence-corrected chi connectivity index (χ1v) is 7.83. The van der Waals surface area contributed by atoms with Crippen LogP contribution in [0.1, 0.15) is 6.92 Å². The van der Waals surface area contributed by atoms with Crippen molar-refractivity contribution in [1.82, 2.24) is 9.62 Å². The number of benzene rings is 1. The zero-order chi connectivity index (χ0) is 13.3. The quantitative estimate of drug-likeness (QED) is 0.891. The van der Waals surface area contributed by atoms with Gasteiger partial charge >= 0.3 is 0 Å². The minimum Gasteiger partial charge on any atom is -0.312 e. The predicted octanol–water partition coefficient (Wildman–Crippen LogP) is 1.57. The van der Waals surface area contributed by atoms with Crippen molar-refractivity contribution in [1.29, 1.82) is 0 Å². The average molecular weight is 337 g/mol. The van der Waals surface area contributed by atoms with Crippen LogP contribution >= 0.6 is 15.9 Å². The van der Waals surface area contributed by atoms with Gasteiger partial charge in [0.1, 0.15) is 10.7 Å². The minimum atomic E-state index is -3.76. The summed E-state index contributed by atoms with van der Waals surface area (Å²) in [5, 5.41) is 3.15. The lowest BCUT2D eigenvalue weighted by atomic mass is 10.3. The number of rotatable bonds is 2. The van der Waals surface area contributed by atoms with Crippen LogP contribution < -0.4 is 5.32 Å². The molecule has 0 bridgehead atoms. The van der Waals surface area contributed by atoms with Crippen molar-refractivity contribution in [2.45, 2.75) is 17.9 Å². The lowest BCUT2D eigenvalue weighted by molar-refractivity contribution is 0.309. The molecule has 0 amide bonds. The largest absolute Gasteiger partial charge is 0.312 e. The van der Waals surface area contributed by atoms with Crippen molar-refractivity contribution in [2.24, 2.45) is 0 Å². The third kappa shape index (κ3) is 2.74. The number of nitrogens with one attached hydrogen (secondary N) is 1. The highest BCUT2D eigenvalue weighted by atomic mass is 79.9. The van der Waals surface area contributed by atoms with Gasteiger partial charge in [-0.3, -0.25) is 0 Å². The Morgan fingerprint density at radius 2 is 2.22 bits per heavy atom. The van der Waals surface area contributed by atoms with E-state index >= 15 is 0 Å². The number of hydrogen-bond donors (Lipinski definition) is 1. The summed E-state index contributed by atoms with van der Waals surface area (Å²) in [6.45, 7) is 3.20. The molecule has 1 heterocycles. The van der Waals surface area contributed by atoms with Crippen LogP contribution in [0.25, 0.3) is 0 Å². The summed E-state index contributed by atoms with van der Waals surface area (Å²) in [6, 6.07) is 4.01. The maximum Gasteiger partial charge on any atom is 0.246 e. The normalized spacial score (nSPS) is 22.1. The lowest BCUT2D eigenvalue weighted by Crippen LogP contribution is -2.51. The SMILES string of the molecule is CC1CN(S(=O)(=O)c2cc(Br)ccc2F)CCN1. The van der Waals surface area contributed by atoms with Crippen LogP contribution in [0.3, 0.4) is 0 Å². The van der Waals surface area contributed by atoms with Crippen LogP contribution in [0.4, 0.5) is 4.39 Å². The molecule has 2 rings (SSSR count). The van der Waals surface area contributed by atoms with E-state index in [-0.39, 0.29) is 10.9 Å². The Kier molecular flexibility index (Phi) is 4.05. The van der Waals surface area contributed by atoms with Gasteiger partial charge in [0.2, 0.25) is 10.0 Å². The zero-order valence-electron chi connectivity index (χ0n) is 9.86. The summed E-state index contributed by atoms with van der Waals surface area (Å²) < 4.78 is 40.2. The third-order valence-corrected chi connectivity index (χ3v) is 5.22. The summed E-state index contributed by atoms with van der Waals surface area (Å²) in [6.07, 6.45) is 0. The van der Waals surface area contributed by atoms with E-state index in [1.165, 1.54) is 16.4 Å². The number of halogens is 2. The molecule has 1 aromatic carbocycles. The molecule has 1 N–H and O–H groups in total. The lowest BCUT2D eigenvalue weighted by Gasteiger charge is -2.31. The maximum atomic E-state index is 13.7. The van der Waals surface area contributed by atoms with E-state index in [4.69, 9.17) is 0 Å². The first-order valence-electron chi connectivity index (χ1n) is 5.60. The summed E-state index contributed by atoms with van der Waals surface area (Å²) >= 11 is 3.16. The minimum absolute atomic E-state index is 0.0729. The van der Waals surface area contributed by atoms with Crippen LogP contribution in [0.15, 0.2) is 27.6 Å². The Hall–Kier alpha value is -0.500. The molecule has 1 unspecified atom stereocenters. The predicted molar refractivity (Wildman–Crippen MR) is 70.3 cm³/mol. The standard InChI is InChI=1S/C11H14BrFN2O2S/c1-8-7-15(5-4-14-8)18(16,17)11-6-9(12)2-3-10(11)13/h2-3,6,8,14H,4-5,7H2,1H3. The molecule has 4 nitrogen and oxygen atoms in total. The van der Waals surface area contributed by atoms with Gasteiger partial charge in [-0.2, -0.15) is 4.31 Å². The molecule has 7 heteroatoms. The highest BCUT2D eigenvalue weighted by Gasteiger charge is 2.30. The van der Waals surface area contributed by atoms with Crippen molar-refractivity contribution < 1.29 is 12.8 Å². The molecule has 1 aliphatic heterocycles. The number of piperazine rings is 1. The Morgan fingerprint density at radius 3 is 2.89 bits per heavy atom. The molecule has 1 aromatic rings. The van der Waals surface area contributed by atoms with Gasteiger partial charge in [0.15, 0.2) is 0 Å². The smallest absolute Gasteiger partial charge is 0.246 e. The fraction of sp³-hybridized carbons (Fsp3) is 0.455. The van der Waals surface area contributed by atoms with Gasteiger partial charge in [-0.15, -0.1) is 0 Å². The fourth-order valence-electron chi connectivity index (χ4n) is 1.93. The summed E-state index contributed by atoms with van der Waals surface area (Å²) in [5.41, 5.74) is 0. The number of nitrogens with zero attached hydrogens (tertiary/aromatic N) is 1. The van der Waals surface area contributed by atoms with Gasteiger partial charge in [0.05, 0.1) is 0 Å². The Balaban J connectivity index is 2.38. The molecule has 18 heavy (non-hydrogen) atoms. The zero-order valence-corrected chi connectivity index (χ0v) is 12.3. The maximum absolute atomic E-state index is 13.7. The van der Waals surface area contributed by atoms with Crippen LogP contribution in [0.5, 0.6) is 0 Å². The van der Waals surface area contributed by atoms with Gasteiger partial charge in [-0.25, -0.2) is 12.8 Å². The van der Waals surface area contributed by atoms with Gasteiger partial charge < -0.3 is 5.32 Å². The van der Waals surface area contributed by atoms with E-state index in [2.05, 4.69) is 21.2 Å². The van der Waals surface area contributed by atoms with E-state index in [9.17, 15) is 12.8 Å². The van der Waals surface area contributed by atoms with E-state index in [1.54, 1.807) is 0 Å². The summed E-state index contributed by atoms with van der Waals surface area (Å²) in [4.78, 5) is -0.272. The summed E-state index contributed by atoms with van der Waals surface area (Å²) in [5.74, 6) is -0.718. The number of sulfonamides is 1. The van der Waals surface area contributed by atoms with Gasteiger partial charge in [0, 0.05) is 30.1 Å². The van der Waals surface area contributed by atoms with E-state index in [1.807, 2.05) is 6.92 Å². The molecule has 0 radical (unpaired) electrons. The molecule has 0 aromatic heterocycles. The third-order valence-electron chi connectivity index (χ3n) is 2.84. The Labute approximate surface area is 114 Å². The van der Waals surface area contributed by atoms with Crippen LogP contribution in [0.2, 0.25) is 0 Å². The molecule has 1 fully saturated rings. The van der Waals surface area contributed by atoms with E-state index in [0.717, 1.165) is 6.07 Å². The molecule has 0 aliphatic carbocycles. The van der Waals surface area contributed by atoms with Crippen molar-refractivity contribution in [3.05, 3.63) is 28.5 Å². The van der Waals surface area contributed by atoms with Gasteiger partial charge in [-0.1, -0.05) is 15.9 Å². The molecule has 1 aliphatic rings. The molecule has 0 saturated carbocycles. The Morgan fingerprint density at radius 1 is 1.50 bits per heavy atom. The summed E-state index contributed by atoms with van der Waals surface area (Å²) in [7, 11) is -3.76. The first kappa shape index (κ1) is 13.9. The van der Waals surface area contributed by atoms with Crippen molar-refractivity contribution in [3.63, 3.8) is 0 Å². The topological polar surface area (TPSA) is 49.4 Å². The van der Waals surface area contributed by atoms with Crippen LogP contribution in [0, 0.1) is 5.82 Å². The van der Waals surface area contributed by atoms with E-state index in [0.29, 0.717) is 24.1 Å². The van der Waals surface area contributed by atoms with Crippen LogP contribution in [-0.2, 0) is 10.0 Å². The highest BCUT2D eigenvalue weighted by molar-refractivity contribution is 9.10.